The monoisotopic (exact) mass is 322 g/mol. The standard InChI is InChI=1S/C16H18O5S/c1-7(2)3-4-9(17)8-5-10(18)14-13(15(8)20)11(19)6-12(22)16(14)21/h3,5-6,9,17-22H,4H2,1-2H3/t9-/m0/s1. The molecule has 0 fully saturated rings. The Hall–Kier alpha value is -2.05. The van der Waals surface area contributed by atoms with Crippen molar-refractivity contribution in [3.05, 3.63) is 29.3 Å². The SMILES string of the molecule is CC(C)=CC[C@H](O)c1cc(O)c2c(O)c(S)cc(O)c2c1O. The molecule has 0 amide bonds. The molecule has 2 aromatic carbocycles. The van der Waals surface area contributed by atoms with Crippen molar-refractivity contribution in [2.24, 2.45) is 0 Å². The maximum atomic E-state index is 10.3. The number of aliphatic hydroxyl groups is 1. The molecule has 0 bridgehead atoms. The minimum Gasteiger partial charge on any atom is -0.507 e. The summed E-state index contributed by atoms with van der Waals surface area (Å²) in [6.45, 7) is 3.76. The van der Waals surface area contributed by atoms with E-state index in [9.17, 15) is 25.5 Å². The first-order valence-electron chi connectivity index (χ1n) is 6.67. The first kappa shape index (κ1) is 16.3. The van der Waals surface area contributed by atoms with Crippen LogP contribution in [0.15, 0.2) is 28.7 Å². The molecule has 5 nitrogen and oxygen atoms in total. The Morgan fingerprint density at radius 3 is 2.18 bits per heavy atom. The molecule has 0 spiro atoms. The minimum atomic E-state index is -1.05. The van der Waals surface area contributed by atoms with Crippen LogP contribution < -0.4 is 0 Å². The van der Waals surface area contributed by atoms with Gasteiger partial charge in [0.05, 0.1) is 21.8 Å². The van der Waals surface area contributed by atoms with Gasteiger partial charge in [0, 0.05) is 5.56 Å². The van der Waals surface area contributed by atoms with Crippen molar-refractivity contribution in [1.29, 1.82) is 0 Å². The van der Waals surface area contributed by atoms with Crippen molar-refractivity contribution in [3.63, 3.8) is 0 Å². The Balaban J connectivity index is 2.70. The first-order chi connectivity index (χ1) is 10.2. The lowest BCUT2D eigenvalue weighted by Crippen LogP contribution is -1.98. The Bertz CT molecular complexity index is 763. The van der Waals surface area contributed by atoms with E-state index in [0.29, 0.717) is 0 Å². The van der Waals surface area contributed by atoms with Gasteiger partial charge in [-0.05, 0) is 32.4 Å². The Kier molecular flexibility index (Phi) is 4.44. The summed E-state index contributed by atoms with van der Waals surface area (Å²) >= 11 is 3.99. The van der Waals surface area contributed by atoms with Crippen LogP contribution in [0.5, 0.6) is 23.0 Å². The minimum absolute atomic E-state index is 0.0672. The lowest BCUT2D eigenvalue weighted by atomic mass is 9.97. The third-order valence-electron chi connectivity index (χ3n) is 3.43. The molecule has 0 aromatic heterocycles. The van der Waals surface area contributed by atoms with Crippen LogP contribution in [0.2, 0.25) is 0 Å². The molecular formula is C16H18O5S. The Morgan fingerprint density at radius 1 is 1.05 bits per heavy atom. The first-order valence-corrected chi connectivity index (χ1v) is 7.12. The van der Waals surface area contributed by atoms with Gasteiger partial charge in [0.25, 0.3) is 0 Å². The average molecular weight is 322 g/mol. The number of allylic oxidation sites excluding steroid dienone is 1. The maximum Gasteiger partial charge on any atom is 0.140 e. The highest BCUT2D eigenvalue weighted by Crippen LogP contribution is 2.48. The molecule has 0 radical (unpaired) electrons. The fourth-order valence-corrected chi connectivity index (χ4v) is 2.53. The third-order valence-corrected chi connectivity index (χ3v) is 3.77. The number of fused-ring (bicyclic) bond motifs is 1. The zero-order valence-electron chi connectivity index (χ0n) is 12.2. The topological polar surface area (TPSA) is 101 Å². The van der Waals surface area contributed by atoms with Crippen molar-refractivity contribution in [2.45, 2.75) is 31.3 Å². The van der Waals surface area contributed by atoms with Crippen molar-refractivity contribution >= 4 is 23.4 Å². The molecule has 1 atom stereocenters. The number of phenolic OH excluding ortho intramolecular Hbond substituents is 4. The molecule has 0 saturated heterocycles. The fourth-order valence-electron chi connectivity index (χ4n) is 2.29. The molecule has 0 aliphatic rings. The van der Waals surface area contributed by atoms with Crippen LogP contribution >= 0.6 is 12.6 Å². The van der Waals surface area contributed by atoms with Gasteiger partial charge in [-0.1, -0.05) is 11.6 Å². The molecule has 2 aromatic rings. The number of aromatic hydroxyl groups is 4. The lowest BCUT2D eigenvalue weighted by Gasteiger charge is -2.16. The Labute approximate surface area is 133 Å². The van der Waals surface area contributed by atoms with Crippen LogP contribution in [0, 0.1) is 0 Å². The van der Waals surface area contributed by atoms with E-state index >= 15 is 0 Å². The summed E-state index contributed by atoms with van der Waals surface area (Å²) in [6, 6.07) is 2.33. The van der Waals surface area contributed by atoms with Gasteiger partial charge in [0.1, 0.15) is 23.0 Å². The van der Waals surface area contributed by atoms with Crippen molar-refractivity contribution in [2.75, 3.05) is 0 Å². The van der Waals surface area contributed by atoms with Crippen LogP contribution in [0.3, 0.4) is 0 Å². The molecule has 6 heteroatoms. The highest BCUT2D eigenvalue weighted by atomic mass is 32.1. The van der Waals surface area contributed by atoms with Gasteiger partial charge in [-0.3, -0.25) is 0 Å². The summed E-state index contributed by atoms with van der Waals surface area (Å²) in [5, 5.41) is 50.3. The van der Waals surface area contributed by atoms with Crippen LogP contribution in [-0.2, 0) is 0 Å². The normalized spacial score (nSPS) is 12.4. The maximum absolute atomic E-state index is 10.3. The van der Waals surface area contributed by atoms with E-state index in [1.165, 1.54) is 6.07 Å². The van der Waals surface area contributed by atoms with Gasteiger partial charge < -0.3 is 25.5 Å². The van der Waals surface area contributed by atoms with Crippen molar-refractivity contribution < 1.29 is 25.5 Å². The molecule has 118 valence electrons. The molecule has 22 heavy (non-hydrogen) atoms. The van der Waals surface area contributed by atoms with Gasteiger partial charge in [0.15, 0.2) is 0 Å². The van der Waals surface area contributed by atoms with Gasteiger partial charge >= 0.3 is 0 Å². The molecule has 0 heterocycles. The second-order valence-electron chi connectivity index (χ2n) is 5.38. The summed E-state index contributed by atoms with van der Waals surface area (Å²) in [4.78, 5) is 0.0672. The van der Waals surface area contributed by atoms with Gasteiger partial charge in [-0.2, -0.15) is 0 Å². The van der Waals surface area contributed by atoms with Gasteiger partial charge in [0.2, 0.25) is 0 Å². The van der Waals surface area contributed by atoms with E-state index in [4.69, 9.17) is 0 Å². The second-order valence-corrected chi connectivity index (χ2v) is 5.86. The van der Waals surface area contributed by atoms with Crippen LogP contribution in [0.1, 0.15) is 31.9 Å². The molecule has 5 N–H and O–H groups in total. The van der Waals surface area contributed by atoms with Gasteiger partial charge in [-0.25, -0.2) is 0 Å². The number of phenols is 4. The quantitative estimate of drug-likeness (QED) is 0.296. The lowest BCUT2D eigenvalue weighted by molar-refractivity contribution is 0.177. The van der Waals surface area contributed by atoms with Crippen LogP contribution in [0.4, 0.5) is 0 Å². The van der Waals surface area contributed by atoms with Crippen molar-refractivity contribution in [3.8, 4) is 23.0 Å². The molecular weight excluding hydrogens is 304 g/mol. The summed E-state index contributed by atoms with van der Waals surface area (Å²) in [5.41, 5.74) is 1.08. The predicted octanol–water partition coefficient (Wildman–Crippen LogP) is 3.34. The highest BCUT2D eigenvalue weighted by molar-refractivity contribution is 7.80. The molecule has 0 unspecified atom stereocenters. The average Bonchev–Trinajstić information content (AvgIpc) is 2.44. The van der Waals surface area contributed by atoms with E-state index in [0.717, 1.165) is 11.6 Å². The number of thiol groups is 1. The van der Waals surface area contributed by atoms with Crippen LogP contribution in [0.25, 0.3) is 10.8 Å². The molecule has 2 rings (SSSR count). The largest absolute Gasteiger partial charge is 0.507 e. The molecule has 0 saturated carbocycles. The number of hydrogen-bond donors (Lipinski definition) is 6. The number of rotatable bonds is 3. The smallest absolute Gasteiger partial charge is 0.140 e. The summed E-state index contributed by atoms with van der Waals surface area (Å²) in [7, 11) is 0. The predicted molar refractivity (Wildman–Crippen MR) is 86.9 cm³/mol. The third kappa shape index (κ3) is 2.80. The number of benzene rings is 2. The molecule has 0 aliphatic carbocycles. The highest BCUT2D eigenvalue weighted by Gasteiger charge is 2.22. The summed E-state index contributed by atoms with van der Waals surface area (Å²) in [6.07, 6.45) is 0.986. The van der Waals surface area contributed by atoms with E-state index in [1.54, 1.807) is 6.08 Å². The van der Waals surface area contributed by atoms with E-state index < -0.39 is 6.10 Å². The van der Waals surface area contributed by atoms with Gasteiger partial charge in [-0.15, -0.1) is 12.6 Å². The van der Waals surface area contributed by atoms with E-state index in [2.05, 4.69) is 12.6 Å². The molecule has 0 aliphatic heterocycles. The number of hydrogen-bond acceptors (Lipinski definition) is 6. The van der Waals surface area contributed by atoms with E-state index in [1.807, 2.05) is 13.8 Å². The van der Waals surface area contributed by atoms with Crippen molar-refractivity contribution in [1.82, 2.24) is 0 Å². The fraction of sp³-hybridized carbons (Fsp3) is 0.250. The second kappa shape index (κ2) is 5.98. The summed E-state index contributed by atoms with van der Waals surface area (Å²) < 4.78 is 0. The van der Waals surface area contributed by atoms with Crippen LogP contribution in [-0.4, -0.2) is 25.5 Å². The summed E-state index contributed by atoms with van der Waals surface area (Å²) in [5.74, 6) is -1.44. The van der Waals surface area contributed by atoms with E-state index in [-0.39, 0.29) is 50.7 Å². The number of aliphatic hydroxyl groups excluding tert-OH is 1. The zero-order chi connectivity index (χ0) is 16.6. The zero-order valence-corrected chi connectivity index (χ0v) is 13.1. The Morgan fingerprint density at radius 2 is 1.59 bits per heavy atom.